The Morgan fingerprint density at radius 1 is 1.35 bits per heavy atom. The van der Waals surface area contributed by atoms with Crippen LogP contribution in [0.4, 0.5) is 0 Å². The number of carboxylic acids is 1. The minimum absolute atomic E-state index is 0.278. The molecule has 3 rings (SSSR count). The normalized spacial score (nSPS) is 46.5. The van der Waals surface area contributed by atoms with Crippen molar-refractivity contribution in [1.82, 2.24) is 0 Å². The van der Waals surface area contributed by atoms with Crippen LogP contribution in [0.25, 0.3) is 0 Å². The Morgan fingerprint density at radius 3 is 2.71 bits per heavy atom. The van der Waals surface area contributed by atoms with Crippen LogP contribution in [0.15, 0.2) is 11.6 Å². The molecule has 0 aliphatic heterocycles. The highest BCUT2D eigenvalue weighted by Gasteiger charge is 2.73. The third kappa shape index (κ3) is 1.14. The van der Waals surface area contributed by atoms with Gasteiger partial charge < -0.3 is 5.11 Å². The van der Waals surface area contributed by atoms with Crippen molar-refractivity contribution in [3.05, 3.63) is 11.6 Å². The summed E-state index contributed by atoms with van der Waals surface area (Å²) in [7, 11) is 0. The number of rotatable bonds is 1. The standard InChI is InChI=1S/C15H22O2/c1-13(2)6-4-7-14(3)8-5-10(12(16)17)11-9-15(11,13)14/h5,11H,4,6-9H2,1-3H3,(H,16,17)/t11-,14-,15-/m1/s1. The van der Waals surface area contributed by atoms with Gasteiger partial charge in [0.25, 0.3) is 0 Å². The zero-order valence-electron chi connectivity index (χ0n) is 11.0. The van der Waals surface area contributed by atoms with E-state index in [-0.39, 0.29) is 5.41 Å². The van der Waals surface area contributed by atoms with Crippen LogP contribution in [-0.2, 0) is 4.79 Å². The van der Waals surface area contributed by atoms with Crippen molar-refractivity contribution in [3.8, 4) is 0 Å². The van der Waals surface area contributed by atoms with Crippen LogP contribution >= 0.6 is 0 Å². The van der Waals surface area contributed by atoms with Crippen LogP contribution in [0.1, 0.15) is 52.9 Å². The van der Waals surface area contributed by atoms with Gasteiger partial charge in [-0.3, -0.25) is 0 Å². The molecule has 3 aliphatic carbocycles. The number of hydrogen-bond donors (Lipinski definition) is 1. The first-order chi connectivity index (χ1) is 7.84. The molecular weight excluding hydrogens is 212 g/mol. The average Bonchev–Trinajstić information content (AvgIpc) is 2.93. The van der Waals surface area contributed by atoms with Gasteiger partial charge in [0.2, 0.25) is 0 Å². The Kier molecular flexibility index (Phi) is 1.97. The fraction of sp³-hybridized carbons (Fsp3) is 0.800. The Labute approximate surface area is 103 Å². The lowest BCUT2D eigenvalue weighted by Gasteiger charge is -2.54. The van der Waals surface area contributed by atoms with Gasteiger partial charge in [-0.05, 0) is 47.8 Å². The maximum atomic E-state index is 11.3. The maximum Gasteiger partial charge on any atom is 0.331 e. The van der Waals surface area contributed by atoms with Crippen molar-refractivity contribution < 1.29 is 9.90 Å². The van der Waals surface area contributed by atoms with E-state index in [0.717, 1.165) is 12.8 Å². The Bertz CT molecular complexity index is 421. The summed E-state index contributed by atoms with van der Waals surface area (Å²) in [6, 6.07) is 0. The number of carbonyl (C=O) groups is 1. The fourth-order valence-electron chi connectivity index (χ4n) is 5.24. The quantitative estimate of drug-likeness (QED) is 0.752. The van der Waals surface area contributed by atoms with Crippen LogP contribution in [0.3, 0.4) is 0 Å². The molecule has 0 unspecified atom stereocenters. The monoisotopic (exact) mass is 234 g/mol. The van der Waals surface area contributed by atoms with Crippen molar-refractivity contribution in [3.63, 3.8) is 0 Å². The van der Waals surface area contributed by atoms with Gasteiger partial charge in [0.1, 0.15) is 0 Å². The minimum Gasteiger partial charge on any atom is -0.478 e. The van der Waals surface area contributed by atoms with Crippen LogP contribution in [-0.4, -0.2) is 11.1 Å². The SMILES string of the molecule is CC1(C)CCC[C@]2(C)CC=C(C(=O)O)[C@H]3C[C@@]312. The van der Waals surface area contributed by atoms with Crippen LogP contribution in [0.5, 0.6) is 0 Å². The second-order valence-electron chi connectivity index (χ2n) is 7.19. The maximum absolute atomic E-state index is 11.3. The topological polar surface area (TPSA) is 37.3 Å². The summed E-state index contributed by atoms with van der Waals surface area (Å²) in [6.45, 7) is 7.10. The lowest BCUT2D eigenvalue weighted by atomic mass is 9.50. The molecule has 1 spiro atoms. The first kappa shape index (κ1) is 11.3. The van der Waals surface area contributed by atoms with E-state index in [2.05, 4.69) is 20.8 Å². The average molecular weight is 234 g/mol. The molecule has 0 radical (unpaired) electrons. The molecule has 0 bridgehead atoms. The van der Waals surface area contributed by atoms with Gasteiger partial charge in [0, 0.05) is 5.57 Å². The highest BCUT2D eigenvalue weighted by atomic mass is 16.4. The van der Waals surface area contributed by atoms with Gasteiger partial charge in [-0.2, -0.15) is 0 Å². The van der Waals surface area contributed by atoms with Gasteiger partial charge in [-0.1, -0.05) is 33.3 Å². The molecule has 3 aliphatic rings. The smallest absolute Gasteiger partial charge is 0.331 e. The van der Waals surface area contributed by atoms with Crippen molar-refractivity contribution in [1.29, 1.82) is 0 Å². The second kappa shape index (κ2) is 2.96. The molecule has 3 atom stereocenters. The number of allylic oxidation sites excluding steroid dienone is 1. The Balaban J connectivity index is 2.07. The Morgan fingerprint density at radius 2 is 2.06 bits per heavy atom. The van der Waals surface area contributed by atoms with E-state index < -0.39 is 5.97 Å². The highest BCUT2D eigenvalue weighted by molar-refractivity contribution is 5.88. The van der Waals surface area contributed by atoms with E-state index >= 15 is 0 Å². The van der Waals surface area contributed by atoms with E-state index in [0.29, 0.717) is 22.3 Å². The Hall–Kier alpha value is -0.790. The molecule has 0 aromatic heterocycles. The zero-order chi connectivity index (χ0) is 12.5. The van der Waals surface area contributed by atoms with E-state index in [9.17, 15) is 9.90 Å². The fourth-order valence-corrected chi connectivity index (χ4v) is 5.24. The molecule has 94 valence electrons. The molecule has 0 aromatic carbocycles. The van der Waals surface area contributed by atoms with E-state index in [1.807, 2.05) is 6.08 Å². The molecule has 2 nitrogen and oxygen atoms in total. The lowest BCUT2D eigenvalue weighted by molar-refractivity contribution is -0.133. The van der Waals surface area contributed by atoms with Crippen LogP contribution in [0.2, 0.25) is 0 Å². The van der Waals surface area contributed by atoms with Gasteiger partial charge in [0.05, 0.1) is 0 Å². The van der Waals surface area contributed by atoms with Crippen LogP contribution < -0.4 is 0 Å². The molecule has 0 aromatic rings. The van der Waals surface area contributed by atoms with Gasteiger partial charge in [-0.25, -0.2) is 4.79 Å². The van der Waals surface area contributed by atoms with Crippen molar-refractivity contribution in [2.45, 2.75) is 52.9 Å². The molecule has 2 saturated carbocycles. The minimum atomic E-state index is -0.685. The summed E-state index contributed by atoms with van der Waals surface area (Å²) < 4.78 is 0. The molecule has 0 amide bonds. The summed E-state index contributed by atoms with van der Waals surface area (Å²) in [5.74, 6) is -0.357. The van der Waals surface area contributed by atoms with E-state index in [4.69, 9.17) is 0 Å². The van der Waals surface area contributed by atoms with Crippen LogP contribution in [0, 0.1) is 22.2 Å². The summed E-state index contributed by atoms with van der Waals surface area (Å²) in [5, 5.41) is 9.31. The largest absolute Gasteiger partial charge is 0.478 e. The summed E-state index contributed by atoms with van der Waals surface area (Å²) in [5.41, 5.74) is 1.64. The summed E-state index contributed by atoms with van der Waals surface area (Å²) in [6.07, 6.45) is 7.92. The predicted octanol–water partition coefficient (Wildman–Crippen LogP) is 3.62. The molecule has 0 saturated heterocycles. The van der Waals surface area contributed by atoms with Gasteiger partial charge in [0.15, 0.2) is 0 Å². The molecule has 2 heteroatoms. The number of carboxylic acid groups (broad SMARTS) is 1. The summed E-state index contributed by atoms with van der Waals surface area (Å²) >= 11 is 0. The molecule has 2 fully saturated rings. The molecule has 0 heterocycles. The lowest BCUT2D eigenvalue weighted by Crippen LogP contribution is -2.47. The van der Waals surface area contributed by atoms with E-state index in [1.54, 1.807) is 0 Å². The van der Waals surface area contributed by atoms with Gasteiger partial charge >= 0.3 is 5.97 Å². The van der Waals surface area contributed by atoms with Crippen molar-refractivity contribution >= 4 is 5.97 Å². The van der Waals surface area contributed by atoms with Gasteiger partial charge in [-0.15, -0.1) is 0 Å². The predicted molar refractivity (Wildman–Crippen MR) is 66.6 cm³/mol. The first-order valence-electron chi connectivity index (χ1n) is 6.77. The second-order valence-corrected chi connectivity index (χ2v) is 7.19. The van der Waals surface area contributed by atoms with Crippen molar-refractivity contribution in [2.24, 2.45) is 22.2 Å². The number of aliphatic carboxylic acids is 1. The van der Waals surface area contributed by atoms with Crippen molar-refractivity contribution in [2.75, 3.05) is 0 Å². The third-order valence-electron chi connectivity index (χ3n) is 6.17. The summed E-state index contributed by atoms with van der Waals surface area (Å²) in [4.78, 5) is 11.3. The third-order valence-corrected chi connectivity index (χ3v) is 6.17. The molecule has 17 heavy (non-hydrogen) atoms. The first-order valence-corrected chi connectivity index (χ1v) is 6.77. The zero-order valence-corrected chi connectivity index (χ0v) is 11.0. The highest BCUT2D eigenvalue weighted by Crippen LogP contribution is 2.80. The van der Waals surface area contributed by atoms with E-state index in [1.165, 1.54) is 19.3 Å². The number of hydrogen-bond acceptors (Lipinski definition) is 1. The molecular formula is C15H22O2. The molecule has 1 N–H and O–H groups in total.